The fraction of sp³-hybridized carbons (Fsp3) is 0.522. The number of hydrogen-bond donors (Lipinski definition) is 1. The predicted molar refractivity (Wildman–Crippen MR) is 109 cm³/mol. The van der Waals surface area contributed by atoms with Crippen molar-refractivity contribution in [2.24, 2.45) is 5.92 Å². The van der Waals surface area contributed by atoms with Gasteiger partial charge in [-0.3, -0.25) is 4.79 Å². The first-order valence-electron chi connectivity index (χ1n) is 10.7. The summed E-state index contributed by atoms with van der Waals surface area (Å²) >= 11 is 0. The van der Waals surface area contributed by atoms with Crippen molar-refractivity contribution in [3.8, 4) is 11.5 Å². The molecule has 0 radical (unpaired) electrons. The molecule has 5 aliphatic rings. The minimum atomic E-state index is -0.195. The molecule has 4 heterocycles. The van der Waals surface area contributed by atoms with E-state index in [0.717, 1.165) is 38.2 Å². The van der Waals surface area contributed by atoms with E-state index in [0.29, 0.717) is 36.2 Å². The third kappa shape index (κ3) is 4.13. The van der Waals surface area contributed by atoms with Crippen molar-refractivity contribution >= 4 is 5.91 Å². The summed E-state index contributed by atoms with van der Waals surface area (Å²) in [6.07, 6.45) is 10.4. The normalized spacial score (nSPS) is 29.9. The molecule has 0 unspecified atom stereocenters. The lowest BCUT2D eigenvalue weighted by Crippen LogP contribution is -2.57. The molecule has 6 nitrogen and oxygen atoms in total. The Labute approximate surface area is 171 Å². The van der Waals surface area contributed by atoms with E-state index in [9.17, 15) is 4.79 Å². The van der Waals surface area contributed by atoms with Gasteiger partial charge in [-0.2, -0.15) is 0 Å². The van der Waals surface area contributed by atoms with Crippen molar-refractivity contribution in [1.29, 1.82) is 0 Å². The molecular weight excluding hydrogens is 368 g/mol. The second kappa shape index (κ2) is 8.11. The van der Waals surface area contributed by atoms with Gasteiger partial charge in [-0.05, 0) is 75.0 Å². The first kappa shape index (κ1) is 18.6. The lowest BCUT2D eigenvalue weighted by molar-refractivity contribution is 0.0338. The maximum absolute atomic E-state index is 12.8. The van der Waals surface area contributed by atoms with Crippen molar-refractivity contribution in [3.63, 3.8) is 0 Å². The first-order chi connectivity index (χ1) is 14.2. The van der Waals surface area contributed by atoms with E-state index in [1.807, 2.05) is 18.2 Å². The number of ether oxygens (including phenoxy) is 3. The van der Waals surface area contributed by atoms with Crippen LogP contribution in [-0.4, -0.2) is 55.8 Å². The van der Waals surface area contributed by atoms with E-state index in [2.05, 4.69) is 22.4 Å². The zero-order valence-electron chi connectivity index (χ0n) is 16.6. The number of rotatable bonds is 5. The summed E-state index contributed by atoms with van der Waals surface area (Å²) < 4.78 is 17.7. The first-order valence-corrected chi connectivity index (χ1v) is 10.7. The molecule has 29 heavy (non-hydrogen) atoms. The maximum Gasteiger partial charge on any atom is 0.251 e. The highest BCUT2D eigenvalue weighted by atomic mass is 16.6. The Balaban J connectivity index is 1.20. The summed E-state index contributed by atoms with van der Waals surface area (Å²) in [6, 6.07) is 5.67. The van der Waals surface area contributed by atoms with Gasteiger partial charge < -0.3 is 24.4 Å². The van der Waals surface area contributed by atoms with Gasteiger partial charge in [0.1, 0.15) is 19.0 Å². The summed E-state index contributed by atoms with van der Waals surface area (Å²) in [5.74, 6) is 2.74. The van der Waals surface area contributed by atoms with Crippen LogP contribution in [0.1, 0.15) is 36.0 Å². The standard InChI is InChI=1S/C23H28N2O4/c26-23(24-20-13-25-10-8-16(20)9-11-25)17-6-7-21-22(12-17)29-19(15-28-21)14-27-18-4-2-1-3-5-18/h2,4-7,12,16,19-20H,1,3,8-11,13-15H2,(H,24,26)/t19-,20-/m0/s1. The molecule has 154 valence electrons. The zero-order valence-corrected chi connectivity index (χ0v) is 16.6. The SMILES string of the molecule is O=C(N[C@H]1CN2CCC1CC2)c1ccc2c(c1)O[C@@H](COC1=CCCC=C1)CO2. The molecule has 4 aliphatic heterocycles. The van der Waals surface area contributed by atoms with E-state index >= 15 is 0 Å². The Bertz CT molecular complexity index is 826. The number of nitrogens with zero attached hydrogens (tertiary/aromatic N) is 1. The van der Waals surface area contributed by atoms with Crippen LogP contribution in [0.4, 0.5) is 0 Å². The highest BCUT2D eigenvalue weighted by Crippen LogP contribution is 2.33. The van der Waals surface area contributed by atoms with Crippen LogP contribution in [0.3, 0.4) is 0 Å². The van der Waals surface area contributed by atoms with Crippen molar-refractivity contribution in [2.45, 2.75) is 37.8 Å². The van der Waals surface area contributed by atoms with Gasteiger partial charge in [0.2, 0.25) is 0 Å². The van der Waals surface area contributed by atoms with Crippen molar-refractivity contribution in [2.75, 3.05) is 32.8 Å². The Hall–Kier alpha value is -2.47. The number of allylic oxidation sites excluding steroid dienone is 3. The molecule has 1 aromatic carbocycles. The van der Waals surface area contributed by atoms with Crippen LogP contribution in [-0.2, 0) is 4.74 Å². The quantitative estimate of drug-likeness (QED) is 0.829. The molecule has 2 bridgehead atoms. The Morgan fingerprint density at radius 3 is 2.86 bits per heavy atom. The van der Waals surface area contributed by atoms with E-state index in [1.165, 1.54) is 12.8 Å². The number of nitrogens with one attached hydrogen (secondary N) is 1. The zero-order chi connectivity index (χ0) is 19.6. The molecular formula is C23H28N2O4. The second-order valence-electron chi connectivity index (χ2n) is 8.33. The smallest absolute Gasteiger partial charge is 0.251 e. The Kier molecular flexibility index (Phi) is 5.19. The fourth-order valence-corrected chi connectivity index (χ4v) is 4.60. The monoisotopic (exact) mass is 396 g/mol. The molecule has 1 aromatic rings. The van der Waals surface area contributed by atoms with Gasteiger partial charge in [0.25, 0.3) is 5.91 Å². The third-order valence-corrected chi connectivity index (χ3v) is 6.29. The number of piperidine rings is 3. The van der Waals surface area contributed by atoms with Crippen molar-refractivity contribution < 1.29 is 19.0 Å². The van der Waals surface area contributed by atoms with Gasteiger partial charge >= 0.3 is 0 Å². The molecule has 1 N–H and O–H groups in total. The van der Waals surface area contributed by atoms with E-state index in [-0.39, 0.29) is 18.1 Å². The average Bonchev–Trinajstić information content (AvgIpc) is 2.78. The van der Waals surface area contributed by atoms with Crippen LogP contribution < -0.4 is 14.8 Å². The average molecular weight is 396 g/mol. The molecule has 1 amide bonds. The van der Waals surface area contributed by atoms with Crippen LogP contribution >= 0.6 is 0 Å². The summed E-state index contributed by atoms with van der Waals surface area (Å²) in [5.41, 5.74) is 0.614. The van der Waals surface area contributed by atoms with Gasteiger partial charge in [0, 0.05) is 18.2 Å². The number of carbonyl (C=O) groups is 1. The number of benzene rings is 1. The summed E-state index contributed by atoms with van der Waals surface area (Å²) in [5, 5.41) is 3.24. The second-order valence-corrected chi connectivity index (χ2v) is 8.33. The Morgan fingerprint density at radius 1 is 1.21 bits per heavy atom. The minimum absolute atomic E-state index is 0.0361. The topological polar surface area (TPSA) is 60.0 Å². The van der Waals surface area contributed by atoms with Gasteiger partial charge in [-0.1, -0.05) is 6.08 Å². The van der Waals surface area contributed by atoms with Gasteiger partial charge in [0.05, 0.1) is 0 Å². The van der Waals surface area contributed by atoms with Gasteiger partial charge in [0.15, 0.2) is 17.6 Å². The molecule has 3 saturated heterocycles. The lowest BCUT2D eigenvalue weighted by Gasteiger charge is -2.44. The molecule has 6 rings (SSSR count). The van der Waals surface area contributed by atoms with Crippen LogP contribution in [0, 0.1) is 5.92 Å². The molecule has 6 heteroatoms. The predicted octanol–water partition coefficient (Wildman–Crippen LogP) is 2.90. The number of amides is 1. The van der Waals surface area contributed by atoms with Crippen LogP contribution in [0.15, 0.2) is 42.2 Å². The molecule has 0 aromatic heterocycles. The molecule has 0 saturated carbocycles. The number of hydrogen-bond acceptors (Lipinski definition) is 5. The Morgan fingerprint density at radius 2 is 2.10 bits per heavy atom. The van der Waals surface area contributed by atoms with Crippen molar-refractivity contribution in [1.82, 2.24) is 10.2 Å². The summed E-state index contributed by atoms with van der Waals surface area (Å²) in [4.78, 5) is 15.3. The maximum atomic E-state index is 12.8. The van der Waals surface area contributed by atoms with E-state index in [1.54, 1.807) is 6.07 Å². The lowest BCUT2D eigenvalue weighted by atomic mass is 9.84. The number of carbonyl (C=O) groups excluding carboxylic acids is 1. The van der Waals surface area contributed by atoms with Crippen LogP contribution in [0.25, 0.3) is 0 Å². The van der Waals surface area contributed by atoms with Crippen LogP contribution in [0.2, 0.25) is 0 Å². The molecule has 3 fully saturated rings. The minimum Gasteiger partial charge on any atom is -0.490 e. The molecule has 1 aliphatic carbocycles. The van der Waals surface area contributed by atoms with Gasteiger partial charge in [-0.25, -0.2) is 0 Å². The van der Waals surface area contributed by atoms with Gasteiger partial charge in [-0.15, -0.1) is 0 Å². The largest absolute Gasteiger partial charge is 0.490 e. The molecule has 2 atom stereocenters. The van der Waals surface area contributed by atoms with Crippen LogP contribution in [0.5, 0.6) is 11.5 Å². The van der Waals surface area contributed by atoms with Crippen molar-refractivity contribution in [3.05, 3.63) is 47.7 Å². The summed E-state index contributed by atoms with van der Waals surface area (Å²) in [7, 11) is 0. The fourth-order valence-electron chi connectivity index (χ4n) is 4.60. The highest BCUT2D eigenvalue weighted by Gasteiger charge is 2.35. The summed E-state index contributed by atoms with van der Waals surface area (Å²) in [6.45, 7) is 4.15. The third-order valence-electron chi connectivity index (χ3n) is 6.29. The highest BCUT2D eigenvalue weighted by molar-refractivity contribution is 5.95. The number of fused-ring (bicyclic) bond motifs is 4. The molecule has 0 spiro atoms. The van der Waals surface area contributed by atoms with E-state index in [4.69, 9.17) is 14.2 Å². The van der Waals surface area contributed by atoms with E-state index < -0.39 is 0 Å².